The van der Waals surface area contributed by atoms with E-state index in [1.807, 2.05) is 26.8 Å². The van der Waals surface area contributed by atoms with Crippen molar-refractivity contribution in [1.82, 2.24) is 9.47 Å². The van der Waals surface area contributed by atoms with Crippen LogP contribution in [0.3, 0.4) is 0 Å². The summed E-state index contributed by atoms with van der Waals surface area (Å²) in [5.41, 5.74) is 0.779. The average molecular weight is 264 g/mol. The number of aromatic nitrogens is 1. The predicted octanol–water partition coefficient (Wildman–Crippen LogP) is 0.939. The number of nitrogens with zero attached hydrogens (tertiary/aromatic N) is 2. The minimum atomic E-state index is -0.0792. The van der Waals surface area contributed by atoms with Gasteiger partial charge in [-0.15, -0.1) is 0 Å². The first-order chi connectivity index (χ1) is 8.88. The Balaban J connectivity index is 1.95. The van der Waals surface area contributed by atoms with Gasteiger partial charge in [0.25, 0.3) is 5.56 Å². The van der Waals surface area contributed by atoms with E-state index in [9.17, 15) is 9.59 Å². The maximum atomic E-state index is 11.7. The van der Waals surface area contributed by atoms with Crippen molar-refractivity contribution in [1.29, 1.82) is 0 Å². The molecule has 1 aromatic rings. The Morgan fingerprint density at radius 3 is 2.53 bits per heavy atom. The molecule has 2 heterocycles. The van der Waals surface area contributed by atoms with Crippen LogP contribution in [0.4, 0.5) is 0 Å². The Bertz CT molecular complexity index is 542. The monoisotopic (exact) mass is 264 g/mol. The SMILES string of the molecule is Cc1cc(OC2CN(C(=O)C(C)C)C2)cc(=O)n1C. The first-order valence-electron chi connectivity index (χ1n) is 6.51. The molecule has 0 radical (unpaired) electrons. The summed E-state index contributed by atoms with van der Waals surface area (Å²) in [6.07, 6.45) is -0.00536. The lowest BCUT2D eigenvalue weighted by atomic mass is 10.1. The van der Waals surface area contributed by atoms with Gasteiger partial charge in [0.2, 0.25) is 5.91 Å². The summed E-state index contributed by atoms with van der Waals surface area (Å²) in [5.74, 6) is 0.759. The van der Waals surface area contributed by atoms with E-state index in [2.05, 4.69) is 0 Å². The van der Waals surface area contributed by atoms with Crippen LogP contribution in [0.15, 0.2) is 16.9 Å². The highest BCUT2D eigenvalue weighted by molar-refractivity contribution is 5.79. The van der Waals surface area contributed by atoms with Crippen molar-refractivity contribution in [2.75, 3.05) is 13.1 Å². The van der Waals surface area contributed by atoms with Gasteiger partial charge in [0.1, 0.15) is 11.9 Å². The summed E-state index contributed by atoms with van der Waals surface area (Å²) >= 11 is 0. The maximum Gasteiger partial charge on any atom is 0.254 e. The Hall–Kier alpha value is -1.78. The predicted molar refractivity (Wildman–Crippen MR) is 72.3 cm³/mol. The lowest BCUT2D eigenvalue weighted by Crippen LogP contribution is -2.57. The molecule has 2 rings (SSSR count). The molecule has 1 aliphatic rings. The number of rotatable bonds is 3. The van der Waals surface area contributed by atoms with Gasteiger partial charge in [-0.25, -0.2) is 0 Å². The summed E-state index contributed by atoms with van der Waals surface area (Å²) < 4.78 is 7.29. The van der Waals surface area contributed by atoms with Gasteiger partial charge in [0.15, 0.2) is 0 Å². The molecule has 1 saturated heterocycles. The number of hydrogen-bond donors (Lipinski definition) is 0. The van der Waals surface area contributed by atoms with Crippen molar-refractivity contribution < 1.29 is 9.53 Å². The van der Waals surface area contributed by atoms with Crippen LogP contribution in [0.1, 0.15) is 19.5 Å². The van der Waals surface area contributed by atoms with Gasteiger partial charge in [-0.05, 0) is 13.0 Å². The minimum absolute atomic E-state index is 0.00536. The zero-order valence-corrected chi connectivity index (χ0v) is 11.8. The van der Waals surface area contributed by atoms with Crippen LogP contribution >= 0.6 is 0 Å². The van der Waals surface area contributed by atoms with Crippen LogP contribution in [0, 0.1) is 12.8 Å². The van der Waals surface area contributed by atoms with Crippen LogP contribution in [0.5, 0.6) is 5.75 Å². The zero-order valence-electron chi connectivity index (χ0n) is 11.8. The van der Waals surface area contributed by atoms with Gasteiger partial charge in [-0.3, -0.25) is 9.59 Å². The second-order valence-corrected chi connectivity index (χ2v) is 5.37. The van der Waals surface area contributed by atoms with Crippen molar-refractivity contribution in [2.24, 2.45) is 13.0 Å². The number of likely N-dealkylation sites (tertiary alicyclic amines) is 1. The van der Waals surface area contributed by atoms with Crippen LogP contribution in [0.25, 0.3) is 0 Å². The van der Waals surface area contributed by atoms with E-state index in [0.29, 0.717) is 18.8 Å². The molecular formula is C14H20N2O3. The molecule has 19 heavy (non-hydrogen) atoms. The standard InChI is InChI=1S/C14H20N2O3/c1-9(2)14(18)16-7-12(8-16)19-11-5-10(3)15(4)13(17)6-11/h5-6,9,12H,7-8H2,1-4H3. The molecule has 0 aromatic carbocycles. The Morgan fingerprint density at radius 2 is 2.00 bits per heavy atom. The molecule has 0 unspecified atom stereocenters. The Labute approximate surface area is 112 Å². The number of carbonyl (C=O) groups excluding carboxylic acids is 1. The summed E-state index contributed by atoms with van der Waals surface area (Å²) in [5, 5.41) is 0. The normalized spacial score (nSPS) is 15.5. The summed E-state index contributed by atoms with van der Waals surface area (Å²) in [4.78, 5) is 25.1. The molecule has 1 aliphatic heterocycles. The van der Waals surface area contributed by atoms with Gasteiger partial charge >= 0.3 is 0 Å². The second-order valence-electron chi connectivity index (χ2n) is 5.37. The van der Waals surface area contributed by atoms with Gasteiger partial charge in [-0.1, -0.05) is 13.8 Å². The average Bonchev–Trinajstić information content (AvgIpc) is 2.29. The highest BCUT2D eigenvalue weighted by atomic mass is 16.5. The highest BCUT2D eigenvalue weighted by Gasteiger charge is 2.33. The number of aryl methyl sites for hydroxylation is 1. The van der Waals surface area contributed by atoms with Crippen molar-refractivity contribution in [3.63, 3.8) is 0 Å². The smallest absolute Gasteiger partial charge is 0.254 e. The fourth-order valence-electron chi connectivity index (χ4n) is 2.05. The van der Waals surface area contributed by atoms with E-state index < -0.39 is 0 Å². The van der Waals surface area contributed by atoms with Crippen molar-refractivity contribution in [3.05, 3.63) is 28.2 Å². The highest BCUT2D eigenvalue weighted by Crippen LogP contribution is 2.19. The largest absolute Gasteiger partial charge is 0.486 e. The fourth-order valence-corrected chi connectivity index (χ4v) is 2.05. The molecule has 1 aromatic heterocycles. The molecule has 0 N–H and O–H groups in total. The maximum absolute atomic E-state index is 11.7. The molecule has 0 spiro atoms. The molecule has 0 atom stereocenters. The van der Waals surface area contributed by atoms with Crippen molar-refractivity contribution in [2.45, 2.75) is 26.9 Å². The van der Waals surface area contributed by atoms with Crippen LogP contribution < -0.4 is 10.3 Å². The van der Waals surface area contributed by atoms with Crippen molar-refractivity contribution in [3.8, 4) is 5.75 Å². The number of hydrogen-bond acceptors (Lipinski definition) is 3. The molecule has 0 bridgehead atoms. The first-order valence-corrected chi connectivity index (χ1v) is 6.51. The van der Waals surface area contributed by atoms with E-state index in [-0.39, 0.29) is 23.5 Å². The third kappa shape index (κ3) is 2.80. The van der Waals surface area contributed by atoms with Crippen LogP contribution in [-0.4, -0.2) is 34.6 Å². The number of ether oxygens (including phenoxy) is 1. The van der Waals surface area contributed by atoms with E-state index in [1.165, 1.54) is 6.07 Å². The van der Waals surface area contributed by atoms with E-state index in [4.69, 9.17) is 4.74 Å². The molecular weight excluding hydrogens is 244 g/mol. The number of carbonyl (C=O) groups is 1. The van der Waals surface area contributed by atoms with Gasteiger partial charge < -0.3 is 14.2 Å². The molecule has 5 nitrogen and oxygen atoms in total. The molecule has 1 amide bonds. The van der Waals surface area contributed by atoms with E-state index in [1.54, 1.807) is 16.5 Å². The summed E-state index contributed by atoms with van der Waals surface area (Å²) in [7, 11) is 1.73. The van der Waals surface area contributed by atoms with E-state index in [0.717, 1.165) is 5.69 Å². The molecule has 104 valence electrons. The fraction of sp³-hybridized carbons (Fsp3) is 0.571. The lowest BCUT2D eigenvalue weighted by Gasteiger charge is -2.39. The van der Waals surface area contributed by atoms with Gasteiger partial charge in [-0.2, -0.15) is 0 Å². The molecule has 0 aliphatic carbocycles. The zero-order chi connectivity index (χ0) is 14.2. The summed E-state index contributed by atoms with van der Waals surface area (Å²) in [6.45, 7) is 6.85. The summed E-state index contributed by atoms with van der Waals surface area (Å²) in [6, 6.07) is 3.33. The third-order valence-corrected chi connectivity index (χ3v) is 3.43. The third-order valence-electron chi connectivity index (χ3n) is 3.43. The van der Waals surface area contributed by atoms with Crippen LogP contribution in [-0.2, 0) is 11.8 Å². The first kappa shape index (κ1) is 13.6. The topological polar surface area (TPSA) is 51.5 Å². The molecule has 0 saturated carbocycles. The molecule has 5 heteroatoms. The lowest BCUT2D eigenvalue weighted by molar-refractivity contribution is -0.143. The Kier molecular flexibility index (Phi) is 3.64. The molecule has 1 fully saturated rings. The Morgan fingerprint density at radius 1 is 1.37 bits per heavy atom. The quantitative estimate of drug-likeness (QED) is 0.816. The van der Waals surface area contributed by atoms with E-state index >= 15 is 0 Å². The number of amides is 1. The van der Waals surface area contributed by atoms with Crippen molar-refractivity contribution >= 4 is 5.91 Å². The second kappa shape index (κ2) is 5.07. The minimum Gasteiger partial charge on any atom is -0.486 e. The van der Waals surface area contributed by atoms with Crippen LogP contribution in [0.2, 0.25) is 0 Å². The van der Waals surface area contributed by atoms with Gasteiger partial charge in [0, 0.05) is 24.7 Å². The van der Waals surface area contributed by atoms with Gasteiger partial charge in [0.05, 0.1) is 13.1 Å². The number of pyridine rings is 1.